The lowest BCUT2D eigenvalue weighted by Crippen LogP contribution is -2.42. The Bertz CT molecular complexity index is 834. The minimum atomic E-state index is -0.248. The molecule has 1 aliphatic heterocycles. The van der Waals surface area contributed by atoms with E-state index in [0.29, 0.717) is 31.1 Å². The third-order valence-corrected chi connectivity index (χ3v) is 4.58. The first-order valence-corrected chi connectivity index (χ1v) is 9.43. The fraction of sp³-hybridized carbons (Fsp3) is 0.400. The molecule has 148 valence electrons. The van der Waals surface area contributed by atoms with E-state index in [1.165, 1.54) is 6.33 Å². The molecule has 0 saturated carbocycles. The van der Waals surface area contributed by atoms with Gasteiger partial charge in [-0.2, -0.15) is 0 Å². The fourth-order valence-corrected chi connectivity index (χ4v) is 3.10. The zero-order valence-corrected chi connectivity index (χ0v) is 16.1. The lowest BCUT2D eigenvalue weighted by Gasteiger charge is -2.31. The summed E-state index contributed by atoms with van der Waals surface area (Å²) in [7, 11) is 0. The minimum absolute atomic E-state index is 0.0165. The van der Waals surface area contributed by atoms with Crippen LogP contribution in [0.3, 0.4) is 0 Å². The predicted molar refractivity (Wildman–Crippen MR) is 107 cm³/mol. The SMILES string of the molecule is CCOC(=O)N1CCC(Nc2cc(Nc3cccc(C(C)=O)c3)ncn2)CC1. The van der Waals surface area contributed by atoms with E-state index in [2.05, 4.69) is 20.6 Å². The van der Waals surface area contributed by atoms with Crippen molar-refractivity contribution in [3.8, 4) is 0 Å². The van der Waals surface area contributed by atoms with Crippen LogP contribution in [0.1, 0.15) is 37.0 Å². The second-order valence-corrected chi connectivity index (χ2v) is 6.66. The van der Waals surface area contributed by atoms with E-state index < -0.39 is 0 Å². The number of nitrogens with zero attached hydrogens (tertiary/aromatic N) is 3. The lowest BCUT2D eigenvalue weighted by molar-refractivity contribution is 0.0981. The Kier molecular flexibility index (Phi) is 6.41. The van der Waals surface area contributed by atoms with Crippen molar-refractivity contribution < 1.29 is 14.3 Å². The van der Waals surface area contributed by atoms with Gasteiger partial charge in [0, 0.05) is 36.4 Å². The number of ketones is 1. The number of piperidine rings is 1. The van der Waals surface area contributed by atoms with Crippen LogP contribution in [0, 0.1) is 0 Å². The molecule has 1 aliphatic rings. The number of amides is 1. The number of benzene rings is 1. The first-order chi connectivity index (χ1) is 13.5. The second kappa shape index (κ2) is 9.16. The van der Waals surface area contributed by atoms with Crippen LogP contribution < -0.4 is 10.6 Å². The maximum atomic E-state index is 11.8. The Morgan fingerprint density at radius 3 is 2.64 bits per heavy atom. The van der Waals surface area contributed by atoms with E-state index in [-0.39, 0.29) is 17.9 Å². The van der Waals surface area contributed by atoms with Gasteiger partial charge in [-0.3, -0.25) is 4.79 Å². The smallest absolute Gasteiger partial charge is 0.409 e. The van der Waals surface area contributed by atoms with Crippen LogP contribution in [0.15, 0.2) is 36.7 Å². The third kappa shape index (κ3) is 5.18. The Hall–Kier alpha value is -3.16. The van der Waals surface area contributed by atoms with Gasteiger partial charge in [0.1, 0.15) is 18.0 Å². The highest BCUT2D eigenvalue weighted by molar-refractivity contribution is 5.95. The quantitative estimate of drug-likeness (QED) is 0.738. The van der Waals surface area contributed by atoms with Gasteiger partial charge in [-0.15, -0.1) is 0 Å². The molecule has 0 unspecified atom stereocenters. The zero-order chi connectivity index (χ0) is 19.9. The highest BCUT2D eigenvalue weighted by Crippen LogP contribution is 2.20. The van der Waals surface area contributed by atoms with Crippen LogP contribution in [-0.2, 0) is 4.74 Å². The van der Waals surface area contributed by atoms with Gasteiger partial charge in [-0.1, -0.05) is 12.1 Å². The molecular formula is C20H25N5O3. The minimum Gasteiger partial charge on any atom is -0.450 e. The average Bonchev–Trinajstić information content (AvgIpc) is 2.69. The van der Waals surface area contributed by atoms with Gasteiger partial charge in [-0.25, -0.2) is 14.8 Å². The molecule has 0 radical (unpaired) electrons. The van der Waals surface area contributed by atoms with Crippen LogP contribution in [0.2, 0.25) is 0 Å². The third-order valence-electron chi connectivity index (χ3n) is 4.58. The highest BCUT2D eigenvalue weighted by Gasteiger charge is 2.23. The van der Waals surface area contributed by atoms with Crippen molar-refractivity contribution in [2.24, 2.45) is 0 Å². The Morgan fingerprint density at radius 2 is 1.93 bits per heavy atom. The molecule has 8 nitrogen and oxygen atoms in total. The topological polar surface area (TPSA) is 96.5 Å². The number of ether oxygens (including phenoxy) is 1. The molecule has 0 atom stereocenters. The first-order valence-electron chi connectivity index (χ1n) is 9.43. The molecule has 1 aromatic heterocycles. The fourth-order valence-electron chi connectivity index (χ4n) is 3.10. The summed E-state index contributed by atoms with van der Waals surface area (Å²) in [6.45, 7) is 5.06. The maximum absolute atomic E-state index is 11.8. The Morgan fingerprint density at radius 1 is 1.18 bits per heavy atom. The molecule has 2 N–H and O–H groups in total. The Labute approximate surface area is 164 Å². The van der Waals surface area contributed by atoms with Crippen LogP contribution in [0.4, 0.5) is 22.1 Å². The van der Waals surface area contributed by atoms with Crippen molar-refractivity contribution >= 4 is 29.2 Å². The number of Topliss-reactive ketones (excluding diaryl/α,β-unsaturated/α-hetero) is 1. The van der Waals surface area contributed by atoms with E-state index in [4.69, 9.17) is 4.74 Å². The molecular weight excluding hydrogens is 358 g/mol. The summed E-state index contributed by atoms with van der Waals surface area (Å²) in [5.41, 5.74) is 1.44. The average molecular weight is 383 g/mol. The summed E-state index contributed by atoms with van der Waals surface area (Å²) in [6, 6.07) is 9.35. The normalized spacial score (nSPS) is 14.4. The first kappa shape index (κ1) is 19.6. The number of likely N-dealkylation sites (tertiary alicyclic amines) is 1. The van der Waals surface area contributed by atoms with Gasteiger partial charge in [0.15, 0.2) is 5.78 Å². The molecule has 2 aromatic rings. The molecule has 0 spiro atoms. The summed E-state index contributed by atoms with van der Waals surface area (Å²) in [6.07, 6.45) is 2.90. The van der Waals surface area contributed by atoms with Gasteiger partial charge < -0.3 is 20.3 Å². The number of nitrogens with one attached hydrogen (secondary N) is 2. The Balaban J connectivity index is 1.58. The number of rotatable bonds is 6. The summed E-state index contributed by atoms with van der Waals surface area (Å²) in [5.74, 6) is 1.37. The molecule has 0 bridgehead atoms. The van der Waals surface area contributed by atoms with Crippen molar-refractivity contribution in [3.05, 3.63) is 42.2 Å². The molecule has 1 amide bonds. The molecule has 0 aliphatic carbocycles. The lowest BCUT2D eigenvalue weighted by atomic mass is 10.1. The van der Waals surface area contributed by atoms with Crippen molar-refractivity contribution in [3.63, 3.8) is 0 Å². The molecule has 1 saturated heterocycles. The van der Waals surface area contributed by atoms with E-state index in [0.717, 1.165) is 24.3 Å². The maximum Gasteiger partial charge on any atom is 0.409 e. The second-order valence-electron chi connectivity index (χ2n) is 6.66. The summed E-state index contributed by atoms with van der Waals surface area (Å²) in [4.78, 5) is 33.6. The monoisotopic (exact) mass is 383 g/mol. The predicted octanol–water partition coefficient (Wildman–Crippen LogP) is 3.46. The molecule has 2 heterocycles. The number of aromatic nitrogens is 2. The molecule has 8 heteroatoms. The van der Waals surface area contributed by atoms with Crippen LogP contribution in [0.25, 0.3) is 0 Å². The van der Waals surface area contributed by atoms with Gasteiger partial charge in [-0.05, 0) is 38.8 Å². The summed E-state index contributed by atoms with van der Waals surface area (Å²) in [5, 5.41) is 6.60. The number of hydrogen-bond donors (Lipinski definition) is 2. The number of carbonyl (C=O) groups is 2. The number of carbonyl (C=O) groups excluding carboxylic acids is 2. The molecule has 28 heavy (non-hydrogen) atoms. The molecule has 3 rings (SSSR count). The molecule has 1 fully saturated rings. The van der Waals surface area contributed by atoms with Gasteiger partial charge >= 0.3 is 6.09 Å². The highest BCUT2D eigenvalue weighted by atomic mass is 16.6. The van der Waals surface area contributed by atoms with Crippen LogP contribution in [0.5, 0.6) is 0 Å². The van der Waals surface area contributed by atoms with Crippen LogP contribution in [-0.4, -0.2) is 52.5 Å². The van der Waals surface area contributed by atoms with Crippen molar-refractivity contribution in [1.29, 1.82) is 0 Å². The van der Waals surface area contributed by atoms with Crippen LogP contribution >= 0.6 is 0 Å². The van der Waals surface area contributed by atoms with Crippen molar-refractivity contribution in [2.45, 2.75) is 32.7 Å². The van der Waals surface area contributed by atoms with E-state index in [1.54, 1.807) is 24.0 Å². The number of anilines is 3. The van der Waals surface area contributed by atoms with E-state index in [9.17, 15) is 9.59 Å². The molecule has 1 aromatic carbocycles. The summed E-state index contributed by atoms with van der Waals surface area (Å²) >= 11 is 0. The van der Waals surface area contributed by atoms with Gasteiger partial charge in [0.25, 0.3) is 0 Å². The van der Waals surface area contributed by atoms with E-state index >= 15 is 0 Å². The summed E-state index contributed by atoms with van der Waals surface area (Å²) < 4.78 is 5.05. The van der Waals surface area contributed by atoms with E-state index in [1.807, 2.05) is 25.1 Å². The van der Waals surface area contributed by atoms with Gasteiger partial charge in [0.2, 0.25) is 0 Å². The largest absolute Gasteiger partial charge is 0.450 e. The van der Waals surface area contributed by atoms with Crippen molar-refractivity contribution in [2.75, 3.05) is 30.3 Å². The number of hydrogen-bond acceptors (Lipinski definition) is 7. The zero-order valence-electron chi connectivity index (χ0n) is 16.1. The standard InChI is InChI=1S/C20H25N5O3/c1-3-28-20(27)25-9-7-16(8-10-25)23-18-12-19(22-13-21-18)24-17-6-4-5-15(11-17)14(2)26/h4-6,11-13,16H,3,7-10H2,1-2H3,(H2,21,22,23,24). The van der Waals surface area contributed by atoms with Gasteiger partial charge in [0.05, 0.1) is 6.61 Å². The van der Waals surface area contributed by atoms with Crippen molar-refractivity contribution in [1.82, 2.24) is 14.9 Å².